The highest BCUT2D eigenvalue weighted by atomic mass is 16.6. The number of hydrogen-bond donors (Lipinski definition) is 2. The highest BCUT2D eigenvalue weighted by Gasteiger charge is 2.13. The van der Waals surface area contributed by atoms with E-state index in [1.807, 2.05) is 0 Å². The molecule has 7 heteroatoms. The molecule has 2 aromatic carbocycles. The summed E-state index contributed by atoms with van der Waals surface area (Å²) in [6, 6.07) is 17.6. The molecule has 1 aromatic heterocycles. The number of anilines is 3. The molecular formula is C21H18N4O3. The van der Waals surface area contributed by atoms with Crippen LogP contribution in [0.4, 0.5) is 17.2 Å². The van der Waals surface area contributed by atoms with Gasteiger partial charge in [-0.2, -0.15) is 5.26 Å². The van der Waals surface area contributed by atoms with E-state index in [1.54, 1.807) is 67.7 Å². The van der Waals surface area contributed by atoms with Gasteiger partial charge in [0.1, 0.15) is 17.6 Å². The van der Waals surface area contributed by atoms with Crippen LogP contribution >= 0.6 is 0 Å². The first kappa shape index (κ1) is 18.7. The van der Waals surface area contributed by atoms with Crippen LogP contribution in [0.2, 0.25) is 0 Å². The number of nitriles is 1. The lowest BCUT2D eigenvalue weighted by atomic mass is 10.2. The number of carbonyl (C=O) groups is 1. The third-order valence-corrected chi connectivity index (χ3v) is 3.79. The monoisotopic (exact) mass is 374 g/mol. The minimum atomic E-state index is -0.397. The standard InChI is InChI=1S/C21H18N4O3/c1-2-19(26)28-20-17(23)6-3-7-18(20)27-16-10-8-15(9-11-16)25-21-14(13-22)5-4-12-24-21/h3-12H,2,23H2,1H3,(H,24,25). The van der Waals surface area contributed by atoms with Crippen molar-refractivity contribution in [2.24, 2.45) is 0 Å². The fourth-order valence-corrected chi connectivity index (χ4v) is 2.37. The fraction of sp³-hybridized carbons (Fsp3) is 0.0952. The predicted molar refractivity (Wildman–Crippen MR) is 106 cm³/mol. The van der Waals surface area contributed by atoms with Crippen molar-refractivity contribution < 1.29 is 14.3 Å². The number of ether oxygens (including phenoxy) is 2. The Hall–Kier alpha value is -4.05. The quantitative estimate of drug-likeness (QED) is 0.374. The van der Waals surface area contributed by atoms with Gasteiger partial charge >= 0.3 is 5.97 Å². The first-order valence-electron chi connectivity index (χ1n) is 8.60. The molecule has 3 N–H and O–H groups in total. The number of nitrogen functional groups attached to an aromatic ring is 1. The van der Waals surface area contributed by atoms with Gasteiger partial charge in [-0.05, 0) is 48.5 Å². The van der Waals surface area contributed by atoms with E-state index in [9.17, 15) is 4.79 Å². The van der Waals surface area contributed by atoms with Crippen molar-refractivity contribution in [2.75, 3.05) is 11.1 Å². The lowest BCUT2D eigenvalue weighted by Crippen LogP contribution is -2.08. The minimum Gasteiger partial charge on any atom is -0.453 e. The number of nitrogens with zero attached hydrogens (tertiary/aromatic N) is 2. The van der Waals surface area contributed by atoms with Gasteiger partial charge in [0.25, 0.3) is 0 Å². The highest BCUT2D eigenvalue weighted by molar-refractivity contribution is 5.76. The molecule has 0 aliphatic heterocycles. The lowest BCUT2D eigenvalue weighted by molar-refractivity contribution is -0.134. The summed E-state index contributed by atoms with van der Waals surface area (Å²) in [5.41, 5.74) is 7.42. The molecule has 0 fully saturated rings. The van der Waals surface area contributed by atoms with Gasteiger partial charge in [-0.1, -0.05) is 13.0 Å². The van der Waals surface area contributed by atoms with Gasteiger partial charge < -0.3 is 20.5 Å². The van der Waals surface area contributed by atoms with E-state index in [0.717, 1.165) is 5.69 Å². The third-order valence-electron chi connectivity index (χ3n) is 3.79. The van der Waals surface area contributed by atoms with Crippen LogP contribution in [-0.2, 0) is 4.79 Å². The third kappa shape index (κ3) is 4.37. The lowest BCUT2D eigenvalue weighted by Gasteiger charge is -2.13. The zero-order valence-corrected chi connectivity index (χ0v) is 15.2. The second kappa shape index (κ2) is 8.56. The fourth-order valence-electron chi connectivity index (χ4n) is 2.37. The number of pyridine rings is 1. The van der Waals surface area contributed by atoms with Crippen molar-refractivity contribution in [2.45, 2.75) is 13.3 Å². The summed E-state index contributed by atoms with van der Waals surface area (Å²) in [7, 11) is 0. The number of hydrogen-bond acceptors (Lipinski definition) is 7. The smallest absolute Gasteiger partial charge is 0.311 e. The van der Waals surface area contributed by atoms with Crippen LogP contribution in [0.15, 0.2) is 60.8 Å². The SMILES string of the molecule is CCC(=O)Oc1c(N)cccc1Oc1ccc(Nc2ncccc2C#N)cc1. The number of nitrogens with two attached hydrogens (primary N) is 1. The Kier molecular flexibility index (Phi) is 5.72. The molecule has 0 amide bonds. The molecule has 28 heavy (non-hydrogen) atoms. The maximum absolute atomic E-state index is 11.6. The molecule has 1 heterocycles. The molecule has 3 aromatic rings. The summed E-state index contributed by atoms with van der Waals surface area (Å²) >= 11 is 0. The summed E-state index contributed by atoms with van der Waals surface area (Å²) in [5, 5.41) is 12.2. The van der Waals surface area contributed by atoms with Gasteiger partial charge in [-0.3, -0.25) is 4.79 Å². The minimum absolute atomic E-state index is 0.198. The normalized spacial score (nSPS) is 10.0. The van der Waals surface area contributed by atoms with Crippen LogP contribution in [0.25, 0.3) is 0 Å². The van der Waals surface area contributed by atoms with Crippen molar-refractivity contribution in [3.05, 3.63) is 66.4 Å². The summed E-state index contributed by atoms with van der Waals surface area (Å²) < 4.78 is 11.1. The molecule has 140 valence electrons. The molecule has 0 radical (unpaired) electrons. The second-order valence-corrected chi connectivity index (χ2v) is 5.76. The first-order chi connectivity index (χ1) is 13.6. The van der Waals surface area contributed by atoms with E-state index in [1.165, 1.54) is 0 Å². The average molecular weight is 374 g/mol. The van der Waals surface area contributed by atoms with Crippen LogP contribution < -0.4 is 20.5 Å². The number of carbonyl (C=O) groups excluding carboxylic acids is 1. The summed E-state index contributed by atoms with van der Waals surface area (Å²) in [5.74, 6) is 1.16. The van der Waals surface area contributed by atoms with Gasteiger partial charge in [0.2, 0.25) is 0 Å². The first-order valence-corrected chi connectivity index (χ1v) is 8.60. The Morgan fingerprint density at radius 2 is 1.96 bits per heavy atom. The van der Waals surface area contributed by atoms with Gasteiger partial charge in [0.05, 0.1) is 11.3 Å². The van der Waals surface area contributed by atoms with E-state index in [-0.39, 0.29) is 12.2 Å². The van der Waals surface area contributed by atoms with Gasteiger partial charge in [-0.15, -0.1) is 0 Å². The second-order valence-electron chi connectivity index (χ2n) is 5.76. The molecule has 0 aliphatic rings. The molecule has 0 unspecified atom stereocenters. The molecular weight excluding hydrogens is 356 g/mol. The maximum Gasteiger partial charge on any atom is 0.311 e. The predicted octanol–water partition coefficient (Wildman–Crippen LogP) is 4.39. The Labute approximate surface area is 162 Å². The van der Waals surface area contributed by atoms with Crippen LogP contribution in [0.5, 0.6) is 17.2 Å². The van der Waals surface area contributed by atoms with Gasteiger partial charge in [0.15, 0.2) is 11.5 Å². The molecule has 7 nitrogen and oxygen atoms in total. The number of esters is 1. The Morgan fingerprint density at radius 1 is 1.18 bits per heavy atom. The van der Waals surface area contributed by atoms with Crippen LogP contribution in [-0.4, -0.2) is 11.0 Å². The number of para-hydroxylation sites is 1. The van der Waals surface area contributed by atoms with Crippen molar-refractivity contribution in [1.82, 2.24) is 4.98 Å². The van der Waals surface area contributed by atoms with Crippen molar-refractivity contribution >= 4 is 23.2 Å². The van der Waals surface area contributed by atoms with Crippen LogP contribution in [0.3, 0.4) is 0 Å². The van der Waals surface area contributed by atoms with E-state index in [2.05, 4.69) is 16.4 Å². The summed E-state index contributed by atoms with van der Waals surface area (Å²) in [6.07, 6.45) is 1.84. The number of rotatable bonds is 6. The molecule has 0 aliphatic carbocycles. The molecule has 0 atom stereocenters. The molecule has 3 rings (SSSR count). The largest absolute Gasteiger partial charge is 0.453 e. The number of benzene rings is 2. The van der Waals surface area contributed by atoms with Crippen molar-refractivity contribution in [3.63, 3.8) is 0 Å². The van der Waals surface area contributed by atoms with Crippen LogP contribution in [0, 0.1) is 11.3 Å². The van der Waals surface area contributed by atoms with E-state index in [0.29, 0.717) is 28.6 Å². The number of aromatic nitrogens is 1. The molecule has 0 bridgehead atoms. The van der Waals surface area contributed by atoms with E-state index >= 15 is 0 Å². The molecule has 0 saturated carbocycles. The topological polar surface area (TPSA) is 110 Å². The molecule has 0 saturated heterocycles. The van der Waals surface area contributed by atoms with Crippen molar-refractivity contribution in [3.8, 4) is 23.3 Å². The Morgan fingerprint density at radius 3 is 2.68 bits per heavy atom. The van der Waals surface area contributed by atoms with E-state index < -0.39 is 5.97 Å². The number of nitrogens with one attached hydrogen (secondary N) is 1. The Balaban J connectivity index is 1.77. The average Bonchev–Trinajstić information content (AvgIpc) is 2.72. The Bertz CT molecular complexity index is 1030. The van der Waals surface area contributed by atoms with E-state index in [4.69, 9.17) is 20.5 Å². The zero-order chi connectivity index (χ0) is 19.9. The zero-order valence-electron chi connectivity index (χ0n) is 15.2. The molecule has 0 spiro atoms. The van der Waals surface area contributed by atoms with Gasteiger partial charge in [0, 0.05) is 18.3 Å². The summed E-state index contributed by atoms with van der Waals surface area (Å²) in [4.78, 5) is 15.8. The summed E-state index contributed by atoms with van der Waals surface area (Å²) in [6.45, 7) is 1.70. The highest BCUT2D eigenvalue weighted by Crippen LogP contribution is 2.37. The van der Waals surface area contributed by atoms with Crippen molar-refractivity contribution in [1.29, 1.82) is 5.26 Å². The maximum atomic E-state index is 11.6. The van der Waals surface area contributed by atoms with Crippen LogP contribution in [0.1, 0.15) is 18.9 Å². The van der Waals surface area contributed by atoms with Gasteiger partial charge in [-0.25, -0.2) is 4.98 Å².